The molecule has 0 bridgehead atoms. The van der Waals surface area contributed by atoms with Crippen LogP contribution in [0.2, 0.25) is 0 Å². The lowest BCUT2D eigenvalue weighted by molar-refractivity contribution is 0.0711. The van der Waals surface area contributed by atoms with E-state index in [0.29, 0.717) is 30.3 Å². The normalized spacial score (nSPS) is 14.9. The van der Waals surface area contributed by atoms with Gasteiger partial charge in [0.05, 0.1) is 11.8 Å². The van der Waals surface area contributed by atoms with E-state index in [-0.39, 0.29) is 17.6 Å². The summed E-state index contributed by atoms with van der Waals surface area (Å²) in [7, 11) is 0. The molecule has 1 amide bonds. The van der Waals surface area contributed by atoms with Crippen molar-refractivity contribution in [3.63, 3.8) is 0 Å². The average Bonchev–Trinajstić information content (AvgIpc) is 3.16. The standard InChI is InChI=1S/C20H20FN5O2/c1-13-17(12-24-25-13)20(27)26-10-6-14(7-11-26)18-19(23-9-8-22-18)28-16-4-2-15(21)3-5-16/h2-5,8-9,12,14H,6-7,10-11H2,1H3,(H,24,25). The molecule has 8 heteroatoms. The second-order valence-corrected chi connectivity index (χ2v) is 6.78. The molecule has 3 aromatic rings. The van der Waals surface area contributed by atoms with E-state index < -0.39 is 0 Å². The van der Waals surface area contributed by atoms with Gasteiger partial charge in [-0.1, -0.05) is 0 Å². The summed E-state index contributed by atoms with van der Waals surface area (Å²) in [5.74, 6) is 0.734. The van der Waals surface area contributed by atoms with Crippen molar-refractivity contribution in [2.24, 2.45) is 0 Å². The second kappa shape index (κ2) is 7.75. The summed E-state index contributed by atoms with van der Waals surface area (Å²) < 4.78 is 18.9. The number of nitrogens with zero attached hydrogens (tertiary/aromatic N) is 4. The molecule has 0 radical (unpaired) electrons. The van der Waals surface area contributed by atoms with Crippen LogP contribution in [0.15, 0.2) is 42.9 Å². The van der Waals surface area contributed by atoms with Crippen LogP contribution in [0.25, 0.3) is 0 Å². The lowest BCUT2D eigenvalue weighted by Crippen LogP contribution is -2.38. The average molecular weight is 381 g/mol. The first-order valence-electron chi connectivity index (χ1n) is 9.15. The Morgan fingerprint density at radius 3 is 2.57 bits per heavy atom. The number of ether oxygens (including phenoxy) is 1. The molecule has 1 fully saturated rings. The molecule has 1 aliphatic heterocycles. The number of rotatable bonds is 4. The summed E-state index contributed by atoms with van der Waals surface area (Å²) >= 11 is 0. The molecule has 1 aromatic carbocycles. The number of halogens is 1. The SMILES string of the molecule is Cc1[nH]ncc1C(=O)N1CCC(c2nccnc2Oc2ccc(F)cc2)CC1. The molecule has 0 unspecified atom stereocenters. The predicted molar refractivity (Wildman–Crippen MR) is 99.7 cm³/mol. The maximum atomic E-state index is 13.1. The van der Waals surface area contributed by atoms with Gasteiger partial charge in [-0.15, -0.1) is 0 Å². The predicted octanol–water partition coefficient (Wildman–Crippen LogP) is 3.46. The minimum absolute atomic E-state index is 0.00775. The van der Waals surface area contributed by atoms with Gasteiger partial charge in [-0.05, 0) is 44.0 Å². The van der Waals surface area contributed by atoms with Crippen molar-refractivity contribution in [2.45, 2.75) is 25.7 Å². The number of aromatic amines is 1. The molecule has 3 heterocycles. The number of H-pyrrole nitrogens is 1. The highest BCUT2D eigenvalue weighted by Gasteiger charge is 2.28. The van der Waals surface area contributed by atoms with E-state index in [1.54, 1.807) is 30.7 Å². The van der Waals surface area contributed by atoms with Crippen LogP contribution in [0.1, 0.15) is 40.5 Å². The van der Waals surface area contributed by atoms with Crippen molar-refractivity contribution in [3.8, 4) is 11.6 Å². The third kappa shape index (κ3) is 3.71. The molecule has 144 valence electrons. The van der Waals surface area contributed by atoms with Gasteiger partial charge in [0.1, 0.15) is 17.3 Å². The monoisotopic (exact) mass is 381 g/mol. The zero-order valence-electron chi connectivity index (χ0n) is 15.4. The minimum atomic E-state index is -0.323. The van der Waals surface area contributed by atoms with Crippen LogP contribution in [-0.2, 0) is 0 Å². The lowest BCUT2D eigenvalue weighted by Gasteiger charge is -2.32. The highest BCUT2D eigenvalue weighted by molar-refractivity contribution is 5.95. The van der Waals surface area contributed by atoms with Crippen molar-refractivity contribution in [1.82, 2.24) is 25.1 Å². The molecule has 1 aliphatic rings. The molecule has 0 aliphatic carbocycles. The Labute approximate surface area is 161 Å². The zero-order chi connectivity index (χ0) is 19.5. The number of amides is 1. The number of likely N-dealkylation sites (tertiary alicyclic amines) is 1. The quantitative estimate of drug-likeness (QED) is 0.748. The van der Waals surface area contributed by atoms with Crippen molar-refractivity contribution in [1.29, 1.82) is 0 Å². The van der Waals surface area contributed by atoms with Crippen molar-refractivity contribution >= 4 is 5.91 Å². The highest BCUT2D eigenvalue weighted by Crippen LogP contribution is 2.33. The number of carbonyl (C=O) groups is 1. The van der Waals surface area contributed by atoms with Crippen LogP contribution in [0.5, 0.6) is 11.6 Å². The summed E-state index contributed by atoms with van der Waals surface area (Å²) in [5, 5.41) is 6.73. The fraction of sp³-hybridized carbons (Fsp3) is 0.300. The molecule has 1 N–H and O–H groups in total. The van der Waals surface area contributed by atoms with E-state index in [0.717, 1.165) is 24.2 Å². The number of nitrogens with one attached hydrogen (secondary N) is 1. The van der Waals surface area contributed by atoms with Crippen LogP contribution in [0.3, 0.4) is 0 Å². The van der Waals surface area contributed by atoms with Gasteiger partial charge >= 0.3 is 0 Å². The van der Waals surface area contributed by atoms with E-state index in [1.165, 1.54) is 12.1 Å². The minimum Gasteiger partial charge on any atom is -0.437 e. The lowest BCUT2D eigenvalue weighted by atomic mass is 9.93. The Hall–Kier alpha value is -3.29. The molecular formula is C20H20FN5O2. The molecule has 4 rings (SSSR count). The number of carbonyl (C=O) groups excluding carboxylic acids is 1. The van der Waals surface area contributed by atoms with Gasteiger partial charge in [0, 0.05) is 37.1 Å². The molecule has 28 heavy (non-hydrogen) atoms. The Kier molecular flexibility index (Phi) is 5.01. The highest BCUT2D eigenvalue weighted by atomic mass is 19.1. The van der Waals surface area contributed by atoms with Crippen LogP contribution >= 0.6 is 0 Å². The van der Waals surface area contributed by atoms with Gasteiger partial charge in [0.15, 0.2) is 0 Å². The van der Waals surface area contributed by atoms with Crippen LogP contribution in [0.4, 0.5) is 4.39 Å². The first-order chi connectivity index (χ1) is 13.6. The molecule has 1 saturated heterocycles. The summed E-state index contributed by atoms with van der Waals surface area (Å²) in [5.41, 5.74) is 2.15. The van der Waals surface area contributed by atoms with Gasteiger partial charge < -0.3 is 9.64 Å². The smallest absolute Gasteiger partial charge is 0.257 e. The third-order valence-electron chi connectivity index (χ3n) is 4.95. The van der Waals surface area contributed by atoms with E-state index in [4.69, 9.17) is 4.74 Å². The van der Waals surface area contributed by atoms with Gasteiger partial charge in [0.2, 0.25) is 5.88 Å². The van der Waals surface area contributed by atoms with Crippen LogP contribution in [0, 0.1) is 12.7 Å². The first-order valence-corrected chi connectivity index (χ1v) is 9.15. The Morgan fingerprint density at radius 2 is 1.89 bits per heavy atom. The number of aromatic nitrogens is 4. The first kappa shape index (κ1) is 18.1. The Balaban J connectivity index is 1.45. The number of piperidine rings is 1. The number of hydrogen-bond donors (Lipinski definition) is 1. The Bertz CT molecular complexity index is 965. The summed E-state index contributed by atoms with van der Waals surface area (Å²) in [6.07, 6.45) is 6.31. The molecule has 0 spiro atoms. The molecule has 7 nitrogen and oxygen atoms in total. The maximum Gasteiger partial charge on any atom is 0.257 e. The topological polar surface area (TPSA) is 84.0 Å². The van der Waals surface area contributed by atoms with E-state index in [1.807, 2.05) is 11.8 Å². The molecule has 0 saturated carbocycles. The van der Waals surface area contributed by atoms with Gasteiger partial charge in [-0.2, -0.15) is 5.10 Å². The molecular weight excluding hydrogens is 361 g/mol. The van der Waals surface area contributed by atoms with Crippen molar-refractivity contribution < 1.29 is 13.9 Å². The summed E-state index contributed by atoms with van der Waals surface area (Å²) in [6, 6.07) is 5.80. The van der Waals surface area contributed by atoms with Gasteiger partial charge in [0.25, 0.3) is 5.91 Å². The van der Waals surface area contributed by atoms with Gasteiger partial charge in [-0.3, -0.25) is 14.9 Å². The van der Waals surface area contributed by atoms with Crippen molar-refractivity contribution in [3.05, 3.63) is 65.6 Å². The van der Waals surface area contributed by atoms with Crippen LogP contribution < -0.4 is 4.74 Å². The fourth-order valence-corrected chi connectivity index (χ4v) is 3.40. The molecule has 2 aromatic heterocycles. The second-order valence-electron chi connectivity index (χ2n) is 6.78. The zero-order valence-corrected chi connectivity index (χ0v) is 15.4. The van der Waals surface area contributed by atoms with Gasteiger partial charge in [-0.25, -0.2) is 9.37 Å². The fourth-order valence-electron chi connectivity index (χ4n) is 3.40. The van der Waals surface area contributed by atoms with E-state index in [2.05, 4.69) is 20.2 Å². The number of benzene rings is 1. The number of aryl methyl sites for hydroxylation is 1. The maximum absolute atomic E-state index is 13.1. The molecule has 0 atom stereocenters. The summed E-state index contributed by atoms with van der Waals surface area (Å²) in [4.78, 5) is 23.3. The largest absolute Gasteiger partial charge is 0.437 e. The number of hydrogen-bond acceptors (Lipinski definition) is 5. The van der Waals surface area contributed by atoms with Crippen LogP contribution in [-0.4, -0.2) is 44.1 Å². The van der Waals surface area contributed by atoms with Crippen molar-refractivity contribution in [2.75, 3.05) is 13.1 Å². The Morgan fingerprint density at radius 1 is 1.18 bits per heavy atom. The summed E-state index contributed by atoms with van der Waals surface area (Å²) in [6.45, 7) is 3.09. The van der Waals surface area contributed by atoms with E-state index >= 15 is 0 Å². The van der Waals surface area contributed by atoms with E-state index in [9.17, 15) is 9.18 Å². The third-order valence-corrected chi connectivity index (χ3v) is 4.95.